The van der Waals surface area contributed by atoms with Gasteiger partial charge in [-0.3, -0.25) is 4.98 Å². The van der Waals surface area contributed by atoms with E-state index in [1.807, 2.05) is 24.3 Å². The van der Waals surface area contributed by atoms with Crippen molar-refractivity contribution in [3.63, 3.8) is 0 Å². The van der Waals surface area contributed by atoms with Gasteiger partial charge in [-0.2, -0.15) is 10.1 Å². The molecular formula is C19H20FN7. The summed E-state index contributed by atoms with van der Waals surface area (Å²) in [4.78, 5) is 13.0. The third-order valence-corrected chi connectivity index (χ3v) is 4.54. The van der Waals surface area contributed by atoms with Crippen LogP contribution in [0.2, 0.25) is 0 Å². The highest BCUT2D eigenvalue weighted by molar-refractivity contribution is 5.49. The summed E-state index contributed by atoms with van der Waals surface area (Å²) in [5.41, 5.74) is 2.14. The van der Waals surface area contributed by atoms with Gasteiger partial charge in [0.1, 0.15) is 5.82 Å². The van der Waals surface area contributed by atoms with Crippen molar-refractivity contribution in [1.29, 1.82) is 0 Å². The average molecular weight is 365 g/mol. The number of halogens is 1. The highest BCUT2D eigenvalue weighted by Crippen LogP contribution is 2.19. The van der Waals surface area contributed by atoms with Crippen LogP contribution in [0.15, 0.2) is 55.0 Å². The minimum atomic E-state index is -0.212. The minimum absolute atomic E-state index is 0.212. The second-order valence-electron chi connectivity index (χ2n) is 6.30. The van der Waals surface area contributed by atoms with Crippen molar-refractivity contribution in [2.75, 3.05) is 41.3 Å². The molecule has 0 radical (unpaired) electrons. The number of aromatic nitrogens is 4. The Labute approximate surface area is 156 Å². The van der Waals surface area contributed by atoms with E-state index in [0.717, 1.165) is 43.2 Å². The lowest BCUT2D eigenvalue weighted by atomic mass is 10.2. The Bertz CT molecular complexity index is 865. The standard InChI is InChI=1S/C19H20FN7/c20-16-1-3-17(4-2-16)26-9-11-27(12-10-26)18-14-23-25-19(24-18)22-13-15-5-7-21-8-6-15/h1-8,14H,9-13H2,(H,22,24,25). The van der Waals surface area contributed by atoms with Crippen molar-refractivity contribution in [2.45, 2.75) is 6.54 Å². The predicted molar refractivity (Wildman–Crippen MR) is 102 cm³/mol. The molecule has 1 fully saturated rings. The third kappa shape index (κ3) is 4.28. The van der Waals surface area contributed by atoms with Crippen molar-refractivity contribution in [2.24, 2.45) is 0 Å². The Morgan fingerprint density at radius 2 is 1.63 bits per heavy atom. The number of hydrogen-bond donors (Lipinski definition) is 1. The molecule has 1 N–H and O–H groups in total. The minimum Gasteiger partial charge on any atom is -0.368 e. The van der Waals surface area contributed by atoms with Crippen molar-refractivity contribution in [3.05, 3.63) is 66.4 Å². The van der Waals surface area contributed by atoms with Gasteiger partial charge in [-0.1, -0.05) is 0 Å². The Morgan fingerprint density at radius 3 is 2.37 bits per heavy atom. The van der Waals surface area contributed by atoms with E-state index in [-0.39, 0.29) is 5.82 Å². The molecule has 7 nitrogen and oxygen atoms in total. The largest absolute Gasteiger partial charge is 0.368 e. The van der Waals surface area contributed by atoms with Crippen LogP contribution in [0, 0.1) is 5.82 Å². The van der Waals surface area contributed by atoms with Crippen LogP contribution >= 0.6 is 0 Å². The Hall–Kier alpha value is -3.29. The van der Waals surface area contributed by atoms with E-state index in [4.69, 9.17) is 0 Å². The van der Waals surface area contributed by atoms with Crippen LogP contribution in [0.3, 0.4) is 0 Å². The summed E-state index contributed by atoms with van der Waals surface area (Å²) < 4.78 is 13.1. The normalized spacial score (nSPS) is 14.3. The van der Waals surface area contributed by atoms with Crippen LogP contribution in [0.5, 0.6) is 0 Å². The van der Waals surface area contributed by atoms with Crippen LogP contribution < -0.4 is 15.1 Å². The molecule has 1 aromatic carbocycles. The van der Waals surface area contributed by atoms with E-state index in [1.54, 1.807) is 18.6 Å². The summed E-state index contributed by atoms with van der Waals surface area (Å²) in [6, 6.07) is 10.5. The van der Waals surface area contributed by atoms with Gasteiger partial charge in [0.25, 0.3) is 0 Å². The van der Waals surface area contributed by atoms with Crippen LogP contribution in [0.1, 0.15) is 5.56 Å². The SMILES string of the molecule is Fc1ccc(N2CCN(c3cnnc(NCc4ccncc4)n3)CC2)cc1. The maximum absolute atomic E-state index is 13.1. The summed E-state index contributed by atoms with van der Waals surface area (Å²) >= 11 is 0. The molecule has 138 valence electrons. The van der Waals surface area contributed by atoms with Gasteiger partial charge in [-0.15, -0.1) is 5.10 Å². The highest BCUT2D eigenvalue weighted by Gasteiger charge is 2.19. The molecule has 0 bridgehead atoms. The molecule has 3 aromatic rings. The van der Waals surface area contributed by atoms with Gasteiger partial charge < -0.3 is 15.1 Å². The maximum atomic E-state index is 13.1. The number of rotatable bonds is 5. The molecule has 0 unspecified atom stereocenters. The van der Waals surface area contributed by atoms with E-state index < -0.39 is 0 Å². The molecule has 0 atom stereocenters. The van der Waals surface area contributed by atoms with Crippen LogP contribution in [-0.2, 0) is 6.54 Å². The fourth-order valence-corrected chi connectivity index (χ4v) is 3.05. The first kappa shape index (κ1) is 17.1. The van der Waals surface area contributed by atoms with E-state index in [2.05, 4.69) is 35.3 Å². The topological polar surface area (TPSA) is 70.1 Å². The van der Waals surface area contributed by atoms with Crippen LogP contribution in [0.25, 0.3) is 0 Å². The number of nitrogens with zero attached hydrogens (tertiary/aromatic N) is 6. The van der Waals surface area contributed by atoms with Gasteiger partial charge in [0.15, 0.2) is 5.82 Å². The summed E-state index contributed by atoms with van der Waals surface area (Å²) in [5.74, 6) is 1.10. The summed E-state index contributed by atoms with van der Waals surface area (Å²) in [7, 11) is 0. The predicted octanol–water partition coefficient (Wildman–Crippen LogP) is 2.34. The first-order chi connectivity index (χ1) is 13.3. The van der Waals surface area contributed by atoms with Gasteiger partial charge in [0.05, 0.1) is 6.20 Å². The average Bonchev–Trinajstić information content (AvgIpc) is 2.74. The smallest absolute Gasteiger partial charge is 0.244 e. The molecule has 1 saturated heterocycles. The second kappa shape index (κ2) is 7.94. The van der Waals surface area contributed by atoms with Gasteiger partial charge in [0, 0.05) is 50.8 Å². The number of piperazine rings is 1. The zero-order valence-corrected chi connectivity index (χ0v) is 14.8. The lowest BCUT2D eigenvalue weighted by molar-refractivity contribution is 0.624. The summed E-state index contributed by atoms with van der Waals surface area (Å²) in [6.07, 6.45) is 5.20. The molecule has 27 heavy (non-hydrogen) atoms. The number of anilines is 3. The first-order valence-electron chi connectivity index (χ1n) is 8.86. The molecule has 2 aromatic heterocycles. The maximum Gasteiger partial charge on any atom is 0.244 e. The molecule has 0 spiro atoms. The fraction of sp³-hybridized carbons (Fsp3) is 0.263. The molecule has 0 amide bonds. The van der Waals surface area contributed by atoms with Crippen molar-refractivity contribution in [1.82, 2.24) is 20.2 Å². The van der Waals surface area contributed by atoms with Gasteiger partial charge in [-0.25, -0.2) is 4.39 Å². The van der Waals surface area contributed by atoms with Crippen molar-refractivity contribution in [3.8, 4) is 0 Å². The summed E-state index contributed by atoms with van der Waals surface area (Å²) in [6.45, 7) is 3.94. The van der Waals surface area contributed by atoms with E-state index in [0.29, 0.717) is 12.5 Å². The molecule has 4 rings (SSSR count). The Kier molecular flexibility index (Phi) is 5.04. The molecule has 0 saturated carbocycles. The molecular weight excluding hydrogens is 345 g/mol. The second-order valence-corrected chi connectivity index (χ2v) is 6.30. The van der Waals surface area contributed by atoms with Gasteiger partial charge in [0.2, 0.25) is 5.95 Å². The zero-order chi connectivity index (χ0) is 18.5. The van der Waals surface area contributed by atoms with Gasteiger partial charge >= 0.3 is 0 Å². The van der Waals surface area contributed by atoms with Crippen molar-refractivity contribution < 1.29 is 4.39 Å². The zero-order valence-electron chi connectivity index (χ0n) is 14.8. The lowest BCUT2D eigenvalue weighted by Gasteiger charge is -2.36. The van der Waals surface area contributed by atoms with Crippen LogP contribution in [0.4, 0.5) is 21.8 Å². The first-order valence-corrected chi connectivity index (χ1v) is 8.86. The Morgan fingerprint density at radius 1 is 0.926 bits per heavy atom. The quantitative estimate of drug-likeness (QED) is 0.744. The van der Waals surface area contributed by atoms with E-state index in [9.17, 15) is 4.39 Å². The molecule has 1 aliphatic rings. The van der Waals surface area contributed by atoms with Crippen molar-refractivity contribution >= 4 is 17.5 Å². The van der Waals surface area contributed by atoms with Gasteiger partial charge in [-0.05, 0) is 42.0 Å². The molecule has 8 heteroatoms. The number of nitrogens with one attached hydrogen (secondary N) is 1. The highest BCUT2D eigenvalue weighted by atomic mass is 19.1. The Balaban J connectivity index is 1.36. The third-order valence-electron chi connectivity index (χ3n) is 4.54. The summed E-state index contributed by atoms with van der Waals surface area (Å²) in [5, 5.41) is 11.3. The lowest BCUT2D eigenvalue weighted by Crippen LogP contribution is -2.47. The van der Waals surface area contributed by atoms with Crippen LogP contribution in [-0.4, -0.2) is 46.3 Å². The number of hydrogen-bond acceptors (Lipinski definition) is 7. The molecule has 1 aliphatic heterocycles. The molecule has 0 aliphatic carbocycles. The number of pyridine rings is 1. The molecule has 3 heterocycles. The monoisotopic (exact) mass is 365 g/mol. The van der Waals surface area contributed by atoms with E-state index >= 15 is 0 Å². The van der Waals surface area contributed by atoms with E-state index in [1.165, 1.54) is 12.1 Å². The fourth-order valence-electron chi connectivity index (χ4n) is 3.05. The number of benzene rings is 1.